The highest BCUT2D eigenvalue weighted by Gasteiger charge is 2.17. The van der Waals surface area contributed by atoms with Gasteiger partial charge in [0.1, 0.15) is 5.75 Å². The molecule has 0 bridgehead atoms. The van der Waals surface area contributed by atoms with Gasteiger partial charge in [0.05, 0.1) is 23.3 Å². The molecule has 0 fully saturated rings. The fourth-order valence-corrected chi connectivity index (χ4v) is 3.29. The second kappa shape index (κ2) is 8.77. The van der Waals surface area contributed by atoms with Crippen LogP contribution in [0.1, 0.15) is 10.4 Å². The highest BCUT2D eigenvalue weighted by molar-refractivity contribution is 9.11. The second-order valence-electron chi connectivity index (χ2n) is 4.90. The van der Waals surface area contributed by atoms with Crippen LogP contribution >= 0.6 is 31.9 Å². The number of benzene rings is 2. The van der Waals surface area contributed by atoms with Crippen LogP contribution in [0.2, 0.25) is 0 Å². The number of nitrogens with zero attached hydrogens (tertiary/aromatic N) is 1. The summed E-state index contributed by atoms with van der Waals surface area (Å²) in [7, 11) is 1.47. The lowest BCUT2D eigenvalue weighted by molar-refractivity contribution is -0.385. The first kappa shape index (κ1) is 19.9. The first-order chi connectivity index (χ1) is 12.3. The molecule has 2 aromatic rings. The summed E-state index contributed by atoms with van der Waals surface area (Å²) in [4.78, 5) is 34.2. The molecular weight excluding hydrogens is 476 g/mol. The minimum absolute atomic E-state index is 0.147. The predicted octanol–water partition coefficient (Wildman–Crippen LogP) is 3.92. The van der Waals surface area contributed by atoms with E-state index in [0.29, 0.717) is 14.7 Å². The van der Waals surface area contributed by atoms with Gasteiger partial charge in [-0.1, -0.05) is 6.07 Å². The molecule has 10 heteroatoms. The van der Waals surface area contributed by atoms with Crippen molar-refractivity contribution in [2.75, 3.05) is 19.0 Å². The highest BCUT2D eigenvalue weighted by atomic mass is 79.9. The average Bonchev–Trinajstić information content (AvgIpc) is 2.62. The number of non-ortho nitro benzene ring substituents is 1. The number of hydrogen-bond donors (Lipinski definition) is 1. The van der Waals surface area contributed by atoms with Gasteiger partial charge in [-0.25, -0.2) is 4.79 Å². The van der Waals surface area contributed by atoms with Crippen molar-refractivity contribution in [3.05, 3.63) is 61.0 Å². The van der Waals surface area contributed by atoms with Crippen LogP contribution in [-0.4, -0.2) is 30.5 Å². The summed E-state index contributed by atoms with van der Waals surface area (Å²) in [6, 6.07) is 8.83. The van der Waals surface area contributed by atoms with Crippen molar-refractivity contribution in [3.63, 3.8) is 0 Å². The van der Waals surface area contributed by atoms with Crippen molar-refractivity contribution < 1.29 is 24.0 Å². The second-order valence-corrected chi connectivity index (χ2v) is 6.61. The lowest BCUT2D eigenvalue weighted by Crippen LogP contribution is -2.21. The average molecular weight is 488 g/mol. The molecule has 0 aliphatic carbocycles. The number of rotatable bonds is 6. The topological polar surface area (TPSA) is 108 Å². The number of halogens is 2. The van der Waals surface area contributed by atoms with E-state index in [4.69, 9.17) is 9.47 Å². The Balaban J connectivity index is 2.01. The Kier molecular flexibility index (Phi) is 6.70. The van der Waals surface area contributed by atoms with Crippen LogP contribution in [0, 0.1) is 10.1 Å². The normalized spacial score (nSPS) is 10.1. The molecule has 0 aliphatic rings. The summed E-state index contributed by atoms with van der Waals surface area (Å²) < 4.78 is 10.6. The largest absolute Gasteiger partial charge is 0.497 e. The highest BCUT2D eigenvalue weighted by Crippen LogP contribution is 2.35. The zero-order valence-corrected chi connectivity index (χ0v) is 16.5. The maximum absolute atomic E-state index is 12.0. The third-order valence-corrected chi connectivity index (χ3v) is 4.39. The van der Waals surface area contributed by atoms with Crippen molar-refractivity contribution in [2.24, 2.45) is 0 Å². The van der Waals surface area contributed by atoms with E-state index < -0.39 is 23.4 Å². The molecule has 0 radical (unpaired) electrons. The van der Waals surface area contributed by atoms with Crippen LogP contribution in [0.15, 0.2) is 45.3 Å². The molecule has 2 rings (SSSR count). The van der Waals surface area contributed by atoms with Gasteiger partial charge in [-0.2, -0.15) is 0 Å². The van der Waals surface area contributed by atoms with Crippen LogP contribution in [-0.2, 0) is 9.53 Å². The lowest BCUT2D eigenvalue weighted by atomic mass is 10.2. The van der Waals surface area contributed by atoms with Gasteiger partial charge in [-0.05, 0) is 50.1 Å². The summed E-state index contributed by atoms with van der Waals surface area (Å²) in [6.07, 6.45) is 0. The summed E-state index contributed by atoms with van der Waals surface area (Å²) in [5, 5.41) is 13.3. The third-order valence-electron chi connectivity index (χ3n) is 3.14. The number of carbonyl (C=O) groups excluding carboxylic acids is 2. The van der Waals surface area contributed by atoms with Gasteiger partial charge in [0.2, 0.25) is 0 Å². The Hall–Kier alpha value is -2.46. The maximum atomic E-state index is 12.0. The number of nitro benzene ring substituents is 1. The number of hydrogen-bond acceptors (Lipinski definition) is 6. The Morgan fingerprint density at radius 2 is 1.85 bits per heavy atom. The molecule has 0 saturated heterocycles. The molecule has 136 valence electrons. The first-order valence-electron chi connectivity index (χ1n) is 7.06. The number of carbonyl (C=O) groups is 2. The molecule has 0 atom stereocenters. The van der Waals surface area contributed by atoms with Crippen LogP contribution in [0.5, 0.6) is 5.75 Å². The fraction of sp³-hybridized carbons (Fsp3) is 0.125. The monoisotopic (exact) mass is 486 g/mol. The quantitative estimate of drug-likeness (QED) is 0.375. The van der Waals surface area contributed by atoms with Crippen LogP contribution in [0.25, 0.3) is 0 Å². The number of methoxy groups -OCH3 is 1. The lowest BCUT2D eigenvalue weighted by Gasteiger charge is -2.10. The molecule has 26 heavy (non-hydrogen) atoms. The third kappa shape index (κ3) is 5.02. The Morgan fingerprint density at radius 1 is 1.19 bits per heavy atom. The molecule has 1 N–H and O–H groups in total. The number of esters is 1. The van der Waals surface area contributed by atoms with E-state index in [1.165, 1.54) is 31.4 Å². The molecule has 1 amide bonds. The first-order valence-corrected chi connectivity index (χ1v) is 8.65. The van der Waals surface area contributed by atoms with E-state index in [-0.39, 0.29) is 16.9 Å². The predicted molar refractivity (Wildman–Crippen MR) is 100 cm³/mol. The standard InChI is InChI=1S/C16H12Br2N2O6/c1-25-11-4-2-3-9(5-11)16(22)26-8-14(21)19-15-12(17)6-10(20(23)24)7-13(15)18/h2-7H,8H2,1H3,(H,19,21). The zero-order valence-electron chi connectivity index (χ0n) is 13.3. The number of nitro groups is 1. The summed E-state index contributed by atoms with van der Waals surface area (Å²) in [6.45, 7) is -0.522. The molecule has 2 aromatic carbocycles. The minimum Gasteiger partial charge on any atom is -0.497 e. The van der Waals surface area contributed by atoms with E-state index in [9.17, 15) is 19.7 Å². The van der Waals surface area contributed by atoms with Crippen LogP contribution < -0.4 is 10.1 Å². The van der Waals surface area contributed by atoms with E-state index in [0.717, 1.165) is 0 Å². The molecule has 0 aromatic heterocycles. The molecule has 0 aliphatic heterocycles. The smallest absolute Gasteiger partial charge is 0.338 e. The number of anilines is 1. The van der Waals surface area contributed by atoms with Crippen LogP contribution in [0.4, 0.5) is 11.4 Å². The van der Waals surface area contributed by atoms with E-state index in [2.05, 4.69) is 37.2 Å². The van der Waals surface area contributed by atoms with E-state index in [1.807, 2.05) is 0 Å². The molecule has 8 nitrogen and oxygen atoms in total. The molecule has 0 unspecified atom stereocenters. The maximum Gasteiger partial charge on any atom is 0.338 e. The zero-order chi connectivity index (χ0) is 19.3. The molecular formula is C16H12Br2N2O6. The Bertz CT molecular complexity index is 849. The SMILES string of the molecule is COc1cccc(C(=O)OCC(=O)Nc2c(Br)cc([N+](=O)[O-])cc2Br)c1. The van der Waals surface area contributed by atoms with Crippen LogP contribution in [0.3, 0.4) is 0 Å². The van der Waals surface area contributed by atoms with Gasteiger partial charge in [0, 0.05) is 21.1 Å². The van der Waals surface area contributed by atoms with Crippen molar-refractivity contribution in [2.45, 2.75) is 0 Å². The number of nitrogens with one attached hydrogen (secondary N) is 1. The van der Waals surface area contributed by atoms with E-state index >= 15 is 0 Å². The van der Waals surface area contributed by atoms with Gasteiger partial charge >= 0.3 is 5.97 Å². The Labute approximate surface area is 164 Å². The van der Waals surface area contributed by atoms with Crippen molar-refractivity contribution >= 4 is 55.1 Å². The molecule has 0 saturated carbocycles. The van der Waals surface area contributed by atoms with Crippen molar-refractivity contribution in [1.82, 2.24) is 0 Å². The van der Waals surface area contributed by atoms with Gasteiger partial charge < -0.3 is 14.8 Å². The molecule has 0 heterocycles. The van der Waals surface area contributed by atoms with Gasteiger partial charge in [0.25, 0.3) is 11.6 Å². The van der Waals surface area contributed by atoms with E-state index in [1.54, 1.807) is 12.1 Å². The Morgan fingerprint density at radius 3 is 2.42 bits per heavy atom. The number of amides is 1. The van der Waals surface area contributed by atoms with Gasteiger partial charge in [-0.3, -0.25) is 14.9 Å². The number of ether oxygens (including phenoxy) is 2. The van der Waals surface area contributed by atoms with Gasteiger partial charge in [-0.15, -0.1) is 0 Å². The summed E-state index contributed by atoms with van der Waals surface area (Å²) in [5.41, 5.74) is 0.388. The van der Waals surface area contributed by atoms with Gasteiger partial charge in [0.15, 0.2) is 6.61 Å². The van der Waals surface area contributed by atoms with Crippen molar-refractivity contribution in [1.29, 1.82) is 0 Å². The minimum atomic E-state index is -0.680. The fourth-order valence-electron chi connectivity index (χ4n) is 1.92. The van der Waals surface area contributed by atoms with Crippen molar-refractivity contribution in [3.8, 4) is 5.75 Å². The molecule has 0 spiro atoms. The summed E-state index contributed by atoms with van der Waals surface area (Å²) >= 11 is 6.31. The summed E-state index contributed by atoms with van der Waals surface area (Å²) in [5.74, 6) is -0.792.